The summed E-state index contributed by atoms with van der Waals surface area (Å²) in [4.78, 5) is 0. The molecule has 0 aliphatic carbocycles. The Morgan fingerprint density at radius 3 is 2.53 bits per heavy atom. The molecule has 0 fully saturated rings. The van der Waals surface area contributed by atoms with E-state index in [4.69, 9.17) is 11.0 Å². The van der Waals surface area contributed by atoms with Crippen molar-refractivity contribution in [1.29, 1.82) is 5.26 Å². The molecule has 1 heterocycles. The molecule has 1 aromatic heterocycles. The third kappa shape index (κ3) is 1.94. The molecule has 1 aromatic carbocycles. The first-order valence-corrected chi connectivity index (χ1v) is 4.35. The number of nitriles is 1. The topological polar surface area (TPSA) is 88.7 Å². The van der Waals surface area contributed by atoms with Crippen molar-refractivity contribution in [3.63, 3.8) is 0 Å². The van der Waals surface area contributed by atoms with Crippen molar-refractivity contribution in [2.45, 2.75) is 6.42 Å². The minimum atomic E-state index is 0.305. The Kier molecular flexibility index (Phi) is 2.33. The molecule has 0 radical (unpaired) electrons. The SMILES string of the molecule is N#Cc1ccc(Cc2nonc2N)cc1. The van der Waals surface area contributed by atoms with Gasteiger partial charge in [-0.25, -0.2) is 4.63 Å². The van der Waals surface area contributed by atoms with Gasteiger partial charge in [0.05, 0.1) is 11.6 Å². The van der Waals surface area contributed by atoms with Gasteiger partial charge < -0.3 is 5.73 Å². The Bertz CT molecular complexity index is 495. The van der Waals surface area contributed by atoms with Crippen LogP contribution in [0.1, 0.15) is 16.8 Å². The first-order valence-electron chi connectivity index (χ1n) is 4.35. The van der Waals surface area contributed by atoms with Crippen molar-refractivity contribution in [3.05, 3.63) is 41.1 Å². The molecule has 5 nitrogen and oxygen atoms in total. The normalized spacial score (nSPS) is 9.80. The maximum absolute atomic E-state index is 8.62. The van der Waals surface area contributed by atoms with E-state index >= 15 is 0 Å². The minimum Gasteiger partial charge on any atom is -0.379 e. The van der Waals surface area contributed by atoms with Gasteiger partial charge in [0.15, 0.2) is 5.82 Å². The molecule has 0 amide bonds. The molecule has 0 saturated heterocycles. The van der Waals surface area contributed by atoms with Crippen molar-refractivity contribution in [3.8, 4) is 6.07 Å². The third-order valence-corrected chi connectivity index (χ3v) is 2.04. The Morgan fingerprint density at radius 1 is 1.27 bits per heavy atom. The summed E-state index contributed by atoms with van der Waals surface area (Å²) in [5.41, 5.74) is 7.78. The highest BCUT2D eigenvalue weighted by Gasteiger charge is 2.06. The average Bonchev–Trinajstić information content (AvgIpc) is 2.66. The molecule has 0 aliphatic heterocycles. The highest BCUT2D eigenvalue weighted by molar-refractivity contribution is 5.38. The maximum Gasteiger partial charge on any atom is 0.191 e. The maximum atomic E-state index is 8.62. The van der Waals surface area contributed by atoms with Crippen molar-refractivity contribution >= 4 is 5.82 Å². The quantitative estimate of drug-likeness (QED) is 0.784. The van der Waals surface area contributed by atoms with Crippen LogP contribution in [0.15, 0.2) is 28.9 Å². The van der Waals surface area contributed by atoms with Gasteiger partial charge in [-0.2, -0.15) is 5.26 Å². The molecule has 0 unspecified atom stereocenters. The van der Waals surface area contributed by atoms with E-state index in [2.05, 4.69) is 21.0 Å². The summed E-state index contributed by atoms with van der Waals surface area (Å²) in [7, 11) is 0. The molecule has 0 spiro atoms. The van der Waals surface area contributed by atoms with Crippen LogP contribution in [-0.4, -0.2) is 10.3 Å². The zero-order valence-corrected chi connectivity index (χ0v) is 7.84. The molecule has 15 heavy (non-hydrogen) atoms. The zero-order chi connectivity index (χ0) is 10.7. The van der Waals surface area contributed by atoms with E-state index < -0.39 is 0 Å². The zero-order valence-electron chi connectivity index (χ0n) is 7.84. The second kappa shape index (κ2) is 3.80. The van der Waals surface area contributed by atoms with Crippen LogP contribution in [0, 0.1) is 11.3 Å². The Labute approximate surface area is 86.1 Å². The van der Waals surface area contributed by atoms with Crippen LogP contribution in [0.3, 0.4) is 0 Å². The second-order valence-electron chi connectivity index (χ2n) is 3.08. The minimum absolute atomic E-state index is 0.305. The molecule has 5 heteroatoms. The lowest BCUT2D eigenvalue weighted by atomic mass is 10.1. The van der Waals surface area contributed by atoms with Crippen molar-refractivity contribution < 1.29 is 4.63 Å². The van der Waals surface area contributed by atoms with E-state index in [0.29, 0.717) is 23.5 Å². The number of nitrogens with zero attached hydrogens (tertiary/aromatic N) is 3. The summed E-state index contributed by atoms with van der Waals surface area (Å²) < 4.78 is 4.49. The first-order chi connectivity index (χ1) is 7.29. The van der Waals surface area contributed by atoms with Gasteiger partial charge in [0.1, 0.15) is 5.69 Å². The first kappa shape index (κ1) is 9.21. The van der Waals surface area contributed by atoms with Gasteiger partial charge >= 0.3 is 0 Å². The largest absolute Gasteiger partial charge is 0.379 e. The van der Waals surface area contributed by atoms with Crippen molar-refractivity contribution in [2.24, 2.45) is 0 Å². The lowest BCUT2D eigenvalue weighted by Gasteiger charge is -1.97. The number of benzene rings is 1. The number of hydrogen-bond donors (Lipinski definition) is 1. The van der Waals surface area contributed by atoms with Gasteiger partial charge in [0, 0.05) is 6.42 Å². The number of aromatic nitrogens is 2. The molecular formula is C10H8N4O. The predicted molar refractivity (Wildman–Crippen MR) is 52.7 cm³/mol. The fraction of sp³-hybridized carbons (Fsp3) is 0.100. The van der Waals surface area contributed by atoms with E-state index in [1.54, 1.807) is 12.1 Å². The summed E-state index contributed by atoms with van der Waals surface area (Å²) in [6, 6.07) is 9.26. The predicted octanol–water partition coefficient (Wildman–Crippen LogP) is 1.11. The fourth-order valence-electron chi connectivity index (χ4n) is 1.23. The van der Waals surface area contributed by atoms with Crippen LogP contribution >= 0.6 is 0 Å². The standard InChI is InChI=1S/C10H8N4O/c11-6-8-3-1-7(2-4-8)5-9-10(12)14-15-13-9/h1-4H,5H2,(H2,12,14). The van der Waals surface area contributed by atoms with E-state index in [9.17, 15) is 0 Å². The lowest BCUT2D eigenvalue weighted by Crippen LogP contribution is -1.94. The second-order valence-corrected chi connectivity index (χ2v) is 3.08. The monoisotopic (exact) mass is 200 g/mol. The van der Waals surface area contributed by atoms with Crippen LogP contribution in [0.4, 0.5) is 5.82 Å². The van der Waals surface area contributed by atoms with Gasteiger partial charge in [0.25, 0.3) is 0 Å². The van der Waals surface area contributed by atoms with Gasteiger partial charge in [-0.15, -0.1) is 0 Å². The van der Waals surface area contributed by atoms with E-state index in [1.165, 1.54) is 0 Å². The Morgan fingerprint density at radius 2 is 2.00 bits per heavy atom. The van der Waals surface area contributed by atoms with E-state index in [0.717, 1.165) is 5.56 Å². The van der Waals surface area contributed by atoms with Crippen LogP contribution in [0.2, 0.25) is 0 Å². The van der Waals surface area contributed by atoms with Crippen LogP contribution in [0.5, 0.6) is 0 Å². The number of hydrogen-bond acceptors (Lipinski definition) is 5. The Balaban J connectivity index is 2.19. The molecule has 2 rings (SSSR count). The van der Waals surface area contributed by atoms with Crippen LogP contribution in [-0.2, 0) is 6.42 Å². The van der Waals surface area contributed by atoms with Gasteiger partial charge in [0.2, 0.25) is 0 Å². The molecule has 0 atom stereocenters. The fourth-order valence-corrected chi connectivity index (χ4v) is 1.23. The highest BCUT2D eigenvalue weighted by atomic mass is 16.6. The van der Waals surface area contributed by atoms with Gasteiger partial charge in [-0.3, -0.25) is 0 Å². The smallest absolute Gasteiger partial charge is 0.191 e. The molecular weight excluding hydrogens is 192 g/mol. The summed E-state index contributed by atoms with van der Waals surface area (Å²) in [6.07, 6.45) is 0.557. The Hall–Kier alpha value is -2.35. The van der Waals surface area contributed by atoms with E-state index in [1.807, 2.05) is 12.1 Å². The van der Waals surface area contributed by atoms with Crippen molar-refractivity contribution in [2.75, 3.05) is 5.73 Å². The van der Waals surface area contributed by atoms with Gasteiger partial charge in [-0.1, -0.05) is 17.3 Å². The lowest BCUT2D eigenvalue weighted by molar-refractivity contribution is 0.305. The molecule has 0 saturated carbocycles. The summed E-state index contributed by atoms with van der Waals surface area (Å²) in [6.45, 7) is 0. The molecule has 74 valence electrons. The third-order valence-electron chi connectivity index (χ3n) is 2.04. The van der Waals surface area contributed by atoms with Gasteiger partial charge in [-0.05, 0) is 22.9 Å². The summed E-state index contributed by atoms with van der Waals surface area (Å²) in [5.74, 6) is 0.305. The molecule has 2 N–H and O–H groups in total. The average molecular weight is 200 g/mol. The number of nitrogen functional groups attached to an aromatic ring is 1. The molecule has 0 aliphatic rings. The number of anilines is 1. The van der Waals surface area contributed by atoms with Crippen LogP contribution < -0.4 is 5.73 Å². The molecule has 2 aromatic rings. The van der Waals surface area contributed by atoms with Crippen LogP contribution in [0.25, 0.3) is 0 Å². The summed E-state index contributed by atoms with van der Waals surface area (Å²) >= 11 is 0. The van der Waals surface area contributed by atoms with Crippen molar-refractivity contribution in [1.82, 2.24) is 10.3 Å². The van der Waals surface area contributed by atoms with E-state index in [-0.39, 0.29) is 0 Å². The summed E-state index contributed by atoms with van der Waals surface area (Å²) in [5, 5.41) is 15.8. The number of rotatable bonds is 2. The number of nitrogens with two attached hydrogens (primary N) is 1. The highest BCUT2D eigenvalue weighted by Crippen LogP contribution is 2.12. The molecule has 0 bridgehead atoms.